The molecule has 4 aromatic rings. The van der Waals surface area contributed by atoms with E-state index in [1.807, 2.05) is 64.2 Å². The molecule has 1 saturated heterocycles. The van der Waals surface area contributed by atoms with Gasteiger partial charge < -0.3 is 25.4 Å². The molecule has 1 aromatic carbocycles. The molecular formula is C27H34N10O2. The van der Waals surface area contributed by atoms with Crippen LogP contribution in [0.3, 0.4) is 0 Å². The molecule has 4 heterocycles. The van der Waals surface area contributed by atoms with Crippen molar-refractivity contribution in [3.05, 3.63) is 65.9 Å². The molecule has 2 amide bonds. The molecule has 4 N–H and O–H groups in total. The summed E-state index contributed by atoms with van der Waals surface area (Å²) in [6.07, 6.45) is 3.60. The average Bonchev–Trinajstić information content (AvgIpc) is 3.60. The van der Waals surface area contributed by atoms with Gasteiger partial charge in [0.15, 0.2) is 5.82 Å². The molecule has 204 valence electrons. The lowest BCUT2D eigenvalue weighted by Gasteiger charge is -2.28. The van der Waals surface area contributed by atoms with E-state index in [9.17, 15) is 4.79 Å². The lowest BCUT2D eigenvalue weighted by Crippen LogP contribution is -2.44. The van der Waals surface area contributed by atoms with Crippen LogP contribution in [0.15, 0.2) is 53.3 Å². The number of anilines is 4. The minimum atomic E-state index is -0.380. The number of rotatable bonds is 7. The summed E-state index contributed by atoms with van der Waals surface area (Å²) >= 11 is 0. The number of aryl methyl sites for hydroxylation is 1. The monoisotopic (exact) mass is 530 g/mol. The predicted molar refractivity (Wildman–Crippen MR) is 150 cm³/mol. The van der Waals surface area contributed by atoms with Gasteiger partial charge in [0.2, 0.25) is 0 Å². The molecule has 0 radical (unpaired) electrons. The first-order chi connectivity index (χ1) is 18.7. The maximum atomic E-state index is 12.6. The first-order valence-corrected chi connectivity index (χ1v) is 13.0. The zero-order valence-corrected chi connectivity index (χ0v) is 22.7. The van der Waals surface area contributed by atoms with E-state index in [0.29, 0.717) is 23.2 Å². The highest BCUT2D eigenvalue weighted by molar-refractivity contribution is 5.88. The Morgan fingerprint density at radius 1 is 1.08 bits per heavy atom. The van der Waals surface area contributed by atoms with Gasteiger partial charge >= 0.3 is 6.03 Å². The Hall–Kier alpha value is -4.45. The second-order valence-corrected chi connectivity index (χ2v) is 10.5. The lowest BCUT2D eigenvalue weighted by atomic mass is 9.93. The zero-order chi connectivity index (χ0) is 27.4. The SMILES string of the molecule is Cc1nc(Nc2cc(CNC(=O)Nc3cc(C(C)(C)C)on3)cc(-n3cccn3)c2)cc(N2CCNCC2)n1. The molecule has 0 spiro atoms. The third kappa shape index (κ3) is 6.71. The van der Waals surface area contributed by atoms with Crippen LogP contribution in [0.5, 0.6) is 0 Å². The number of aromatic nitrogens is 5. The van der Waals surface area contributed by atoms with Crippen LogP contribution in [-0.4, -0.2) is 57.1 Å². The number of nitrogens with one attached hydrogen (secondary N) is 4. The fraction of sp³-hybridized carbons (Fsp3) is 0.370. The normalized spacial score (nSPS) is 13.8. The number of carbonyl (C=O) groups excluding carboxylic acids is 1. The Bertz CT molecular complexity index is 1420. The van der Waals surface area contributed by atoms with Gasteiger partial charge in [-0.15, -0.1) is 0 Å². The van der Waals surface area contributed by atoms with Gasteiger partial charge in [0.25, 0.3) is 0 Å². The predicted octanol–water partition coefficient (Wildman–Crippen LogP) is 3.73. The van der Waals surface area contributed by atoms with E-state index in [4.69, 9.17) is 4.52 Å². The van der Waals surface area contributed by atoms with Crippen LogP contribution in [0.1, 0.15) is 37.9 Å². The van der Waals surface area contributed by atoms with Crippen molar-refractivity contribution in [2.45, 2.75) is 39.7 Å². The smallest absolute Gasteiger partial charge is 0.320 e. The van der Waals surface area contributed by atoms with Crippen LogP contribution >= 0.6 is 0 Å². The lowest BCUT2D eigenvalue weighted by molar-refractivity contribution is 0.251. The molecule has 1 aliphatic heterocycles. The first-order valence-electron chi connectivity index (χ1n) is 13.0. The topological polar surface area (TPSA) is 138 Å². The largest absolute Gasteiger partial charge is 0.359 e. The molecule has 39 heavy (non-hydrogen) atoms. The number of urea groups is 1. The molecule has 1 fully saturated rings. The van der Waals surface area contributed by atoms with E-state index in [2.05, 4.69) is 46.4 Å². The maximum absolute atomic E-state index is 12.6. The standard InChI is InChI=1S/C27H34N10O2/c1-18-31-23(16-25(32-18)36-10-7-28-8-11-36)33-20-12-19(13-21(14-20)37-9-5-6-30-37)17-29-26(38)34-24-15-22(39-35-24)27(2,3)4/h5-6,9,12-16,28H,7-8,10-11,17H2,1-4H3,(H,31,32,33)(H2,29,34,35,38). The van der Waals surface area contributed by atoms with Crippen LogP contribution in [0.25, 0.3) is 5.69 Å². The van der Waals surface area contributed by atoms with Crippen molar-refractivity contribution < 1.29 is 9.32 Å². The van der Waals surface area contributed by atoms with Crippen molar-refractivity contribution in [3.63, 3.8) is 0 Å². The van der Waals surface area contributed by atoms with Gasteiger partial charge in [-0.05, 0) is 36.8 Å². The highest BCUT2D eigenvalue weighted by atomic mass is 16.5. The van der Waals surface area contributed by atoms with Crippen LogP contribution in [0.2, 0.25) is 0 Å². The van der Waals surface area contributed by atoms with Crippen molar-refractivity contribution in [2.75, 3.05) is 41.7 Å². The number of hydrogen-bond donors (Lipinski definition) is 4. The van der Waals surface area contributed by atoms with E-state index in [1.54, 1.807) is 16.9 Å². The Morgan fingerprint density at radius 2 is 1.90 bits per heavy atom. The molecule has 0 aliphatic carbocycles. The third-order valence-corrected chi connectivity index (χ3v) is 6.23. The quantitative estimate of drug-likeness (QED) is 0.281. The van der Waals surface area contributed by atoms with Gasteiger partial charge in [0.1, 0.15) is 23.2 Å². The van der Waals surface area contributed by atoms with Crippen LogP contribution in [0, 0.1) is 6.92 Å². The second kappa shape index (κ2) is 11.1. The zero-order valence-electron chi connectivity index (χ0n) is 22.7. The number of amides is 2. The molecule has 3 aromatic heterocycles. The molecule has 12 heteroatoms. The summed E-state index contributed by atoms with van der Waals surface area (Å²) in [6, 6.07) is 11.1. The highest BCUT2D eigenvalue weighted by Gasteiger charge is 2.20. The number of carbonyl (C=O) groups is 1. The van der Waals surface area contributed by atoms with Crippen molar-refractivity contribution in [1.29, 1.82) is 0 Å². The summed E-state index contributed by atoms with van der Waals surface area (Å²) in [5.74, 6) is 3.35. The van der Waals surface area contributed by atoms with E-state index in [1.165, 1.54) is 0 Å². The molecule has 5 rings (SSSR count). The summed E-state index contributed by atoms with van der Waals surface area (Å²) < 4.78 is 7.12. The third-order valence-electron chi connectivity index (χ3n) is 6.23. The minimum Gasteiger partial charge on any atom is -0.359 e. The van der Waals surface area contributed by atoms with Crippen LogP contribution < -0.4 is 26.2 Å². The Labute approximate surface area is 227 Å². The Morgan fingerprint density at radius 3 is 2.62 bits per heavy atom. The summed E-state index contributed by atoms with van der Waals surface area (Å²) in [5, 5.41) is 20.7. The van der Waals surface area contributed by atoms with Gasteiger partial charge in [-0.1, -0.05) is 25.9 Å². The fourth-order valence-corrected chi connectivity index (χ4v) is 4.25. The Kier molecular flexibility index (Phi) is 7.46. The summed E-state index contributed by atoms with van der Waals surface area (Å²) in [7, 11) is 0. The van der Waals surface area contributed by atoms with Crippen molar-refractivity contribution in [3.8, 4) is 5.69 Å². The maximum Gasteiger partial charge on any atom is 0.320 e. The van der Waals surface area contributed by atoms with Gasteiger partial charge in [-0.25, -0.2) is 19.4 Å². The second-order valence-electron chi connectivity index (χ2n) is 10.5. The molecular weight excluding hydrogens is 496 g/mol. The summed E-state index contributed by atoms with van der Waals surface area (Å²) in [5.41, 5.74) is 2.34. The van der Waals surface area contributed by atoms with Crippen molar-refractivity contribution in [2.24, 2.45) is 0 Å². The van der Waals surface area contributed by atoms with E-state index in [-0.39, 0.29) is 18.0 Å². The summed E-state index contributed by atoms with van der Waals surface area (Å²) in [4.78, 5) is 24.1. The number of hydrogen-bond acceptors (Lipinski definition) is 9. The number of nitrogens with zero attached hydrogens (tertiary/aromatic N) is 6. The number of benzene rings is 1. The molecule has 0 atom stereocenters. The minimum absolute atomic E-state index is 0.201. The molecule has 0 unspecified atom stereocenters. The van der Waals surface area contributed by atoms with E-state index < -0.39 is 0 Å². The molecule has 12 nitrogen and oxygen atoms in total. The number of piperazine rings is 1. The van der Waals surface area contributed by atoms with E-state index in [0.717, 1.165) is 48.9 Å². The van der Waals surface area contributed by atoms with Crippen molar-refractivity contribution >= 4 is 29.2 Å². The molecule has 0 bridgehead atoms. The van der Waals surface area contributed by atoms with Crippen molar-refractivity contribution in [1.82, 2.24) is 35.5 Å². The average molecular weight is 531 g/mol. The first kappa shape index (κ1) is 26.2. The van der Waals surface area contributed by atoms with Crippen LogP contribution in [0.4, 0.5) is 27.9 Å². The van der Waals surface area contributed by atoms with Gasteiger partial charge in [-0.2, -0.15) is 5.10 Å². The fourth-order valence-electron chi connectivity index (χ4n) is 4.25. The molecule has 1 aliphatic rings. The van der Waals surface area contributed by atoms with Gasteiger partial charge in [0, 0.05) is 68.4 Å². The Balaban J connectivity index is 1.32. The van der Waals surface area contributed by atoms with Gasteiger partial charge in [-0.3, -0.25) is 5.32 Å². The van der Waals surface area contributed by atoms with Gasteiger partial charge in [0.05, 0.1) is 5.69 Å². The van der Waals surface area contributed by atoms with Crippen LogP contribution in [-0.2, 0) is 12.0 Å². The highest BCUT2D eigenvalue weighted by Crippen LogP contribution is 2.25. The molecule has 0 saturated carbocycles. The van der Waals surface area contributed by atoms with E-state index >= 15 is 0 Å². The summed E-state index contributed by atoms with van der Waals surface area (Å²) in [6.45, 7) is 11.9.